The van der Waals surface area contributed by atoms with Crippen molar-refractivity contribution in [1.82, 2.24) is 19.5 Å². The van der Waals surface area contributed by atoms with Crippen molar-refractivity contribution in [3.63, 3.8) is 0 Å². The quantitative estimate of drug-likeness (QED) is 0.277. The molecule has 3 atom stereocenters. The zero-order valence-corrected chi connectivity index (χ0v) is 20.9. The molecule has 1 unspecified atom stereocenters. The molecule has 10 nitrogen and oxygen atoms in total. The molecule has 198 valence electrons. The third-order valence-corrected chi connectivity index (χ3v) is 8.16. The number of piperidine rings is 1. The molecule has 5 N–H and O–H groups in total. The van der Waals surface area contributed by atoms with Gasteiger partial charge in [0.05, 0.1) is 33.1 Å². The van der Waals surface area contributed by atoms with Gasteiger partial charge >= 0.3 is 5.97 Å². The number of rotatable bonds is 4. The second-order valence-corrected chi connectivity index (χ2v) is 10.3. The summed E-state index contributed by atoms with van der Waals surface area (Å²) in [6.07, 6.45) is 4.42. The maximum atomic E-state index is 15.5. The second-order valence-electron chi connectivity index (χ2n) is 10.3. The van der Waals surface area contributed by atoms with Crippen molar-refractivity contribution >= 4 is 50.3 Å². The van der Waals surface area contributed by atoms with Gasteiger partial charge in [0.15, 0.2) is 11.6 Å². The Kier molecular flexibility index (Phi) is 4.80. The summed E-state index contributed by atoms with van der Waals surface area (Å²) in [7, 11) is 3.24. The number of anilines is 2. The first-order valence-corrected chi connectivity index (χ1v) is 12.4. The van der Waals surface area contributed by atoms with Crippen molar-refractivity contribution < 1.29 is 18.7 Å². The van der Waals surface area contributed by atoms with Crippen LogP contribution in [0.25, 0.3) is 44.1 Å². The predicted molar refractivity (Wildman–Crippen MR) is 143 cm³/mol. The first-order valence-electron chi connectivity index (χ1n) is 12.4. The minimum atomic E-state index is -1.34. The lowest BCUT2D eigenvalue weighted by atomic mass is 10.0. The summed E-state index contributed by atoms with van der Waals surface area (Å²) in [5.41, 5.74) is 8.32. The minimum absolute atomic E-state index is 0.0707. The van der Waals surface area contributed by atoms with E-state index in [0.717, 1.165) is 6.07 Å². The average Bonchev–Trinajstić information content (AvgIpc) is 3.27. The van der Waals surface area contributed by atoms with Gasteiger partial charge in [-0.3, -0.25) is 4.79 Å². The van der Waals surface area contributed by atoms with E-state index in [4.69, 9.17) is 5.73 Å². The Morgan fingerprint density at radius 1 is 1.18 bits per heavy atom. The number of nitrogens with one attached hydrogen (secondary N) is 2. The first kappa shape index (κ1) is 23.5. The van der Waals surface area contributed by atoms with Gasteiger partial charge in [-0.15, -0.1) is 0 Å². The van der Waals surface area contributed by atoms with E-state index in [-0.39, 0.29) is 22.4 Å². The number of hydrogen-bond donors (Lipinski definition) is 4. The lowest BCUT2D eigenvalue weighted by Crippen LogP contribution is -2.28. The molecule has 5 aromatic rings. The van der Waals surface area contributed by atoms with E-state index < -0.39 is 23.0 Å². The number of aromatic carboxylic acids is 1. The zero-order valence-electron chi connectivity index (χ0n) is 20.9. The lowest BCUT2D eigenvalue weighted by molar-refractivity contribution is 0.0695. The molecule has 12 heteroatoms. The number of aryl methyl sites for hydroxylation is 1. The van der Waals surface area contributed by atoms with Crippen LogP contribution in [0.3, 0.4) is 0 Å². The summed E-state index contributed by atoms with van der Waals surface area (Å²) in [5.74, 6) is -2.74. The lowest BCUT2D eigenvalue weighted by Gasteiger charge is -2.25. The van der Waals surface area contributed by atoms with Gasteiger partial charge in [0.2, 0.25) is 5.43 Å². The van der Waals surface area contributed by atoms with Crippen molar-refractivity contribution in [1.29, 1.82) is 0 Å². The van der Waals surface area contributed by atoms with E-state index in [1.807, 2.05) is 0 Å². The Labute approximate surface area is 219 Å². The van der Waals surface area contributed by atoms with Crippen LogP contribution in [0.5, 0.6) is 0 Å². The maximum absolute atomic E-state index is 15.5. The van der Waals surface area contributed by atoms with Gasteiger partial charge in [0.25, 0.3) is 0 Å². The Hall–Kier alpha value is -4.58. The van der Waals surface area contributed by atoms with Gasteiger partial charge in [0.1, 0.15) is 16.9 Å². The molecule has 4 aromatic heterocycles. The zero-order chi connectivity index (χ0) is 27.3. The number of carboxylic acid groups (broad SMARTS) is 1. The van der Waals surface area contributed by atoms with Gasteiger partial charge in [-0.05, 0) is 17.9 Å². The molecule has 1 aliphatic carbocycles. The van der Waals surface area contributed by atoms with Gasteiger partial charge in [-0.25, -0.2) is 23.5 Å². The third kappa shape index (κ3) is 3.21. The standard InChI is InChI=1S/C27H23F2N7O3/c1-31-17-4-16(28)20(29)18-19-23(36-8-13-14(9-36)21(13)30)12(6-32-25(19)34-22(17)18)10-3-11-24(37)15(27(38)39)7-35(2)26(11)33-5-10/h3-7,13-14,21,31H,8-9,30H2,1-2H3,(H,32,34)(H,38,39)/t13-,14+,21?. The van der Waals surface area contributed by atoms with E-state index in [1.165, 1.54) is 10.8 Å². The van der Waals surface area contributed by atoms with Crippen molar-refractivity contribution in [2.24, 2.45) is 24.6 Å². The highest BCUT2D eigenvalue weighted by atomic mass is 19.2. The number of nitrogens with two attached hydrogens (primary N) is 1. The number of nitrogens with zero attached hydrogens (tertiary/aromatic N) is 4. The normalized spacial score (nSPS) is 20.2. The average molecular weight is 532 g/mol. The Morgan fingerprint density at radius 3 is 2.62 bits per heavy atom. The van der Waals surface area contributed by atoms with Crippen LogP contribution < -0.4 is 21.4 Å². The fraction of sp³-hybridized carbons (Fsp3) is 0.259. The molecular weight excluding hydrogens is 508 g/mol. The number of aromatic amines is 1. The fourth-order valence-corrected chi connectivity index (χ4v) is 6.10. The van der Waals surface area contributed by atoms with Crippen LogP contribution in [0.1, 0.15) is 10.4 Å². The molecule has 5 heterocycles. The molecule has 0 spiro atoms. The van der Waals surface area contributed by atoms with Crippen LogP contribution in [-0.2, 0) is 7.05 Å². The van der Waals surface area contributed by atoms with E-state index in [2.05, 4.69) is 25.2 Å². The Bertz CT molecular complexity index is 1940. The maximum Gasteiger partial charge on any atom is 0.341 e. The van der Waals surface area contributed by atoms with Crippen molar-refractivity contribution in [3.8, 4) is 11.1 Å². The van der Waals surface area contributed by atoms with E-state index in [9.17, 15) is 19.1 Å². The Morgan fingerprint density at radius 2 is 1.92 bits per heavy atom. The van der Waals surface area contributed by atoms with E-state index >= 15 is 4.39 Å². The molecule has 1 aliphatic heterocycles. The van der Waals surface area contributed by atoms with Crippen LogP contribution in [-0.4, -0.2) is 56.8 Å². The number of carboxylic acids is 1. The summed E-state index contributed by atoms with van der Waals surface area (Å²) < 4.78 is 31.7. The fourth-order valence-electron chi connectivity index (χ4n) is 6.10. The Balaban J connectivity index is 1.55. The number of aromatic nitrogens is 4. The second kappa shape index (κ2) is 7.96. The first-order chi connectivity index (χ1) is 18.7. The van der Waals surface area contributed by atoms with Crippen LogP contribution in [0.2, 0.25) is 0 Å². The summed E-state index contributed by atoms with van der Waals surface area (Å²) in [6, 6.07) is 2.78. The number of H-pyrrole nitrogens is 1. The van der Waals surface area contributed by atoms with Gasteiger partial charge in [-0.2, -0.15) is 0 Å². The minimum Gasteiger partial charge on any atom is -0.477 e. The molecule has 2 fully saturated rings. The van der Waals surface area contributed by atoms with Gasteiger partial charge in [0, 0.05) is 69.0 Å². The molecular formula is C27H23F2N7O3. The van der Waals surface area contributed by atoms with Gasteiger partial charge in [-0.1, -0.05) is 0 Å². The molecule has 0 bridgehead atoms. The highest BCUT2D eigenvalue weighted by molar-refractivity contribution is 6.18. The van der Waals surface area contributed by atoms with Crippen LogP contribution in [0.4, 0.5) is 20.2 Å². The monoisotopic (exact) mass is 531 g/mol. The van der Waals surface area contributed by atoms with E-state index in [0.29, 0.717) is 69.6 Å². The molecule has 1 aromatic carbocycles. The summed E-state index contributed by atoms with van der Waals surface area (Å²) in [6.45, 7) is 1.26. The molecule has 0 radical (unpaired) electrons. The third-order valence-electron chi connectivity index (χ3n) is 8.16. The molecule has 1 saturated heterocycles. The summed E-state index contributed by atoms with van der Waals surface area (Å²) in [5, 5.41) is 13.0. The summed E-state index contributed by atoms with van der Waals surface area (Å²) in [4.78, 5) is 39.0. The van der Waals surface area contributed by atoms with Crippen LogP contribution in [0.15, 0.2) is 35.5 Å². The van der Waals surface area contributed by atoms with Crippen molar-refractivity contribution in [3.05, 3.63) is 58.1 Å². The molecule has 39 heavy (non-hydrogen) atoms. The topological polar surface area (TPSA) is 142 Å². The number of benzene rings is 1. The smallest absolute Gasteiger partial charge is 0.341 e. The number of halogens is 2. The SMILES string of the molecule is CNc1cc(F)c(F)c2c1[nH]c1ncc(-c3cnc4c(c3)c(=O)c(C(=O)O)cn4C)c(N3C[C@@H]4C(N)[C@@H]4C3)c12. The molecule has 2 aliphatic rings. The number of pyridine rings is 3. The molecule has 7 rings (SSSR count). The van der Waals surface area contributed by atoms with Crippen molar-refractivity contribution in [2.45, 2.75) is 6.04 Å². The molecule has 0 amide bonds. The van der Waals surface area contributed by atoms with Crippen LogP contribution >= 0.6 is 0 Å². The van der Waals surface area contributed by atoms with Crippen molar-refractivity contribution in [2.75, 3.05) is 30.4 Å². The highest BCUT2D eigenvalue weighted by Crippen LogP contribution is 2.50. The predicted octanol–water partition coefficient (Wildman–Crippen LogP) is 3.04. The highest BCUT2D eigenvalue weighted by Gasteiger charge is 2.54. The van der Waals surface area contributed by atoms with Gasteiger partial charge < -0.3 is 30.6 Å². The molecule has 1 saturated carbocycles. The van der Waals surface area contributed by atoms with Crippen LogP contribution in [0, 0.1) is 23.5 Å². The summed E-state index contributed by atoms with van der Waals surface area (Å²) >= 11 is 0. The van der Waals surface area contributed by atoms with E-state index in [1.54, 1.807) is 32.6 Å². The number of fused-ring (bicyclic) bond motifs is 5. The largest absolute Gasteiger partial charge is 0.477 e. The number of carbonyl (C=O) groups is 1. The number of hydrogen-bond acceptors (Lipinski definition) is 7.